The van der Waals surface area contributed by atoms with Gasteiger partial charge in [-0.2, -0.15) is 0 Å². The first-order chi connectivity index (χ1) is 7.54. The second-order valence-electron chi connectivity index (χ2n) is 2.91. The van der Waals surface area contributed by atoms with E-state index in [1.54, 1.807) is 6.92 Å². The number of amides is 1. The third-order valence-electron chi connectivity index (χ3n) is 1.73. The third kappa shape index (κ3) is 3.06. The number of nitrogens with one attached hydrogen (secondary N) is 1. The normalized spacial score (nSPS) is 10.4. The van der Waals surface area contributed by atoms with Gasteiger partial charge < -0.3 is 5.32 Å². The van der Waals surface area contributed by atoms with E-state index in [4.69, 9.17) is 11.6 Å². The molecule has 0 aliphatic carbocycles. The summed E-state index contributed by atoms with van der Waals surface area (Å²) in [6.07, 6.45) is 2.81. The minimum absolute atomic E-state index is 0.123. The van der Waals surface area contributed by atoms with E-state index in [9.17, 15) is 14.9 Å². The van der Waals surface area contributed by atoms with E-state index < -0.39 is 10.8 Å². The molecule has 0 unspecified atom stereocenters. The van der Waals surface area contributed by atoms with Crippen LogP contribution in [0.25, 0.3) is 0 Å². The van der Waals surface area contributed by atoms with Crippen molar-refractivity contribution in [3.63, 3.8) is 0 Å². The van der Waals surface area contributed by atoms with E-state index in [2.05, 4.69) is 5.32 Å². The summed E-state index contributed by atoms with van der Waals surface area (Å²) in [5, 5.41) is 13.3. The second kappa shape index (κ2) is 5.27. The standard InChI is InChI=1S/C10H9ClN2O3/c1-2-3-10(14)12-8-5-4-7(11)6-9(8)13(15)16/h2-6H,1H3,(H,12,14). The number of halogens is 1. The van der Waals surface area contributed by atoms with Gasteiger partial charge in [0.15, 0.2) is 0 Å². The van der Waals surface area contributed by atoms with Crippen molar-refractivity contribution in [1.29, 1.82) is 0 Å². The maximum Gasteiger partial charge on any atom is 0.294 e. The van der Waals surface area contributed by atoms with Crippen LogP contribution in [0.2, 0.25) is 5.02 Å². The lowest BCUT2D eigenvalue weighted by Gasteiger charge is -2.03. The zero-order chi connectivity index (χ0) is 12.1. The Labute approximate surface area is 96.9 Å². The summed E-state index contributed by atoms with van der Waals surface area (Å²) in [5.41, 5.74) is -0.108. The molecule has 0 saturated carbocycles. The molecule has 1 rings (SSSR count). The molecule has 0 radical (unpaired) electrons. The highest BCUT2D eigenvalue weighted by Crippen LogP contribution is 2.27. The van der Waals surface area contributed by atoms with Crippen LogP contribution in [0.3, 0.4) is 0 Å². The van der Waals surface area contributed by atoms with Crippen molar-refractivity contribution >= 4 is 28.9 Å². The van der Waals surface area contributed by atoms with Gasteiger partial charge in [0.1, 0.15) is 5.69 Å². The van der Waals surface area contributed by atoms with E-state index in [1.165, 1.54) is 30.4 Å². The van der Waals surface area contributed by atoms with Crippen molar-refractivity contribution in [3.8, 4) is 0 Å². The molecule has 0 bridgehead atoms. The molecule has 1 N–H and O–H groups in total. The highest BCUT2D eigenvalue weighted by Gasteiger charge is 2.15. The van der Waals surface area contributed by atoms with Crippen molar-refractivity contribution in [2.45, 2.75) is 6.92 Å². The minimum atomic E-state index is -0.600. The highest BCUT2D eigenvalue weighted by atomic mass is 35.5. The number of benzene rings is 1. The van der Waals surface area contributed by atoms with Crippen LogP contribution < -0.4 is 5.32 Å². The first-order valence-corrected chi connectivity index (χ1v) is 4.80. The van der Waals surface area contributed by atoms with Crippen LogP contribution in [0.1, 0.15) is 6.92 Å². The van der Waals surface area contributed by atoms with Crippen molar-refractivity contribution in [1.82, 2.24) is 0 Å². The first kappa shape index (κ1) is 12.2. The van der Waals surface area contributed by atoms with Gasteiger partial charge in [0.05, 0.1) is 4.92 Å². The molecule has 0 heterocycles. The average molecular weight is 241 g/mol. The molecule has 0 aliphatic heterocycles. The monoisotopic (exact) mass is 240 g/mol. The fourth-order valence-electron chi connectivity index (χ4n) is 1.09. The number of allylic oxidation sites excluding steroid dienone is 1. The number of rotatable bonds is 3. The molecule has 6 heteroatoms. The number of carbonyl (C=O) groups is 1. The van der Waals surface area contributed by atoms with E-state index in [-0.39, 0.29) is 16.4 Å². The number of hydrogen-bond donors (Lipinski definition) is 1. The molecular weight excluding hydrogens is 232 g/mol. The Hall–Kier alpha value is -1.88. The van der Waals surface area contributed by atoms with Gasteiger partial charge in [-0.3, -0.25) is 14.9 Å². The number of nitrogens with zero attached hydrogens (tertiary/aromatic N) is 1. The van der Waals surface area contributed by atoms with Crippen LogP contribution in [0.4, 0.5) is 11.4 Å². The molecule has 1 aromatic rings. The summed E-state index contributed by atoms with van der Waals surface area (Å²) in [6.45, 7) is 1.68. The Balaban J connectivity index is 3.04. The molecule has 1 amide bonds. The SMILES string of the molecule is CC=CC(=O)Nc1ccc(Cl)cc1[N+](=O)[O-]. The van der Waals surface area contributed by atoms with Crippen LogP contribution in [0, 0.1) is 10.1 Å². The summed E-state index contributed by atoms with van der Waals surface area (Å²) in [7, 11) is 0. The van der Waals surface area contributed by atoms with Crippen molar-refractivity contribution < 1.29 is 9.72 Å². The first-order valence-electron chi connectivity index (χ1n) is 4.42. The molecule has 84 valence electrons. The van der Waals surface area contributed by atoms with E-state index in [1.807, 2.05) is 0 Å². The molecule has 0 spiro atoms. The maximum atomic E-state index is 11.2. The quantitative estimate of drug-likeness (QED) is 0.502. The fraction of sp³-hybridized carbons (Fsp3) is 0.100. The summed E-state index contributed by atoms with van der Waals surface area (Å²) < 4.78 is 0. The minimum Gasteiger partial charge on any atom is -0.317 e. The van der Waals surface area contributed by atoms with Crippen LogP contribution in [-0.4, -0.2) is 10.8 Å². The zero-order valence-electron chi connectivity index (χ0n) is 8.44. The lowest BCUT2D eigenvalue weighted by Crippen LogP contribution is -2.09. The summed E-state index contributed by atoms with van der Waals surface area (Å²) in [5.74, 6) is -0.423. The summed E-state index contributed by atoms with van der Waals surface area (Å²) >= 11 is 5.63. The Morgan fingerprint density at radius 3 is 2.81 bits per heavy atom. The smallest absolute Gasteiger partial charge is 0.294 e. The average Bonchev–Trinajstić information content (AvgIpc) is 2.20. The van der Waals surface area contributed by atoms with Gasteiger partial charge in [-0.05, 0) is 25.1 Å². The molecule has 0 saturated heterocycles. The molecule has 0 atom stereocenters. The van der Waals surface area contributed by atoms with Crippen molar-refractivity contribution in [2.24, 2.45) is 0 Å². The molecular formula is C10H9ClN2O3. The Morgan fingerprint density at radius 1 is 1.56 bits per heavy atom. The van der Waals surface area contributed by atoms with Crippen LogP contribution in [0.15, 0.2) is 30.4 Å². The van der Waals surface area contributed by atoms with E-state index in [0.29, 0.717) is 0 Å². The number of nitro groups is 1. The largest absolute Gasteiger partial charge is 0.317 e. The number of nitro benzene ring substituents is 1. The highest BCUT2D eigenvalue weighted by molar-refractivity contribution is 6.31. The van der Waals surface area contributed by atoms with Gasteiger partial charge in [-0.25, -0.2) is 0 Å². The van der Waals surface area contributed by atoms with Crippen molar-refractivity contribution in [3.05, 3.63) is 45.5 Å². The molecule has 5 nitrogen and oxygen atoms in total. The number of anilines is 1. The predicted octanol–water partition coefficient (Wildman–Crippen LogP) is 2.76. The number of carbonyl (C=O) groups excluding carboxylic acids is 1. The maximum absolute atomic E-state index is 11.2. The lowest BCUT2D eigenvalue weighted by molar-refractivity contribution is -0.383. The predicted molar refractivity (Wildman–Crippen MR) is 61.6 cm³/mol. The molecule has 16 heavy (non-hydrogen) atoms. The Kier molecular flexibility index (Phi) is 4.02. The number of hydrogen-bond acceptors (Lipinski definition) is 3. The van der Waals surface area contributed by atoms with Crippen LogP contribution >= 0.6 is 11.6 Å². The summed E-state index contributed by atoms with van der Waals surface area (Å²) in [6, 6.07) is 4.05. The van der Waals surface area contributed by atoms with E-state index >= 15 is 0 Å². The Bertz CT molecular complexity index is 457. The molecule has 1 aromatic carbocycles. The van der Waals surface area contributed by atoms with Crippen molar-refractivity contribution in [2.75, 3.05) is 5.32 Å². The van der Waals surface area contributed by atoms with Gasteiger partial charge >= 0.3 is 0 Å². The van der Waals surface area contributed by atoms with Gasteiger partial charge in [0.25, 0.3) is 5.69 Å². The topological polar surface area (TPSA) is 72.2 Å². The molecule has 0 aliphatic rings. The molecule has 0 fully saturated rings. The molecule has 0 aromatic heterocycles. The van der Waals surface area contributed by atoms with Gasteiger partial charge in [-0.15, -0.1) is 0 Å². The lowest BCUT2D eigenvalue weighted by atomic mass is 10.2. The Morgan fingerprint density at radius 2 is 2.25 bits per heavy atom. The van der Waals surface area contributed by atoms with Crippen LogP contribution in [0.5, 0.6) is 0 Å². The third-order valence-corrected chi connectivity index (χ3v) is 1.97. The fourth-order valence-corrected chi connectivity index (χ4v) is 1.25. The summed E-state index contributed by atoms with van der Waals surface area (Å²) in [4.78, 5) is 21.3. The van der Waals surface area contributed by atoms with Gasteiger partial charge in [0.2, 0.25) is 5.91 Å². The zero-order valence-corrected chi connectivity index (χ0v) is 9.19. The van der Waals surface area contributed by atoms with Gasteiger partial charge in [0, 0.05) is 11.1 Å². The van der Waals surface area contributed by atoms with Crippen LogP contribution in [-0.2, 0) is 4.79 Å². The second-order valence-corrected chi connectivity index (χ2v) is 3.34. The van der Waals surface area contributed by atoms with Gasteiger partial charge in [-0.1, -0.05) is 17.7 Å². The van der Waals surface area contributed by atoms with E-state index in [0.717, 1.165) is 0 Å².